The number of nitrogens with zero attached hydrogens (tertiary/aromatic N) is 1. The minimum atomic E-state index is -2.06. The number of rotatable bonds is 3. The largest absolute Gasteiger partial charge is 0.372 e. The maximum Gasteiger partial charge on any atom is 0.279 e. The molecule has 6 heteroatoms. The average Bonchev–Trinajstić information content (AvgIpc) is 2.19. The van der Waals surface area contributed by atoms with Gasteiger partial charge in [0.2, 0.25) is 6.29 Å². The number of aliphatic hydroxyl groups is 2. The van der Waals surface area contributed by atoms with Gasteiger partial charge in [0.05, 0.1) is 18.8 Å². The third kappa shape index (κ3) is 3.40. The van der Waals surface area contributed by atoms with E-state index in [0.717, 1.165) is 4.90 Å². The Kier molecular flexibility index (Phi) is 4.64. The molecule has 0 aliphatic carbocycles. The van der Waals surface area contributed by atoms with Crippen molar-refractivity contribution in [1.82, 2.24) is 4.90 Å². The van der Waals surface area contributed by atoms with Gasteiger partial charge in [-0.3, -0.25) is 4.79 Å². The van der Waals surface area contributed by atoms with Crippen molar-refractivity contribution in [1.29, 1.82) is 0 Å². The molecule has 1 amide bonds. The standard InChI is InChI=1S/C10H18FNO4/c1-6(2)16-8-3-4-12(5-7(8)11)9(13)10(14)15/h6-8,10,14-15H,3-5H2,1-2H3/t7-,8-/m1/s1. The molecule has 1 aliphatic heterocycles. The molecule has 1 fully saturated rings. The molecular formula is C10H18FNO4. The molecule has 0 bridgehead atoms. The lowest BCUT2D eigenvalue weighted by molar-refractivity contribution is -0.164. The monoisotopic (exact) mass is 235 g/mol. The summed E-state index contributed by atoms with van der Waals surface area (Å²) in [5.74, 6) is -0.856. The highest BCUT2D eigenvalue weighted by Gasteiger charge is 2.34. The maximum absolute atomic E-state index is 13.6. The molecule has 0 aromatic carbocycles. The van der Waals surface area contributed by atoms with E-state index in [0.29, 0.717) is 6.42 Å². The summed E-state index contributed by atoms with van der Waals surface area (Å²) in [6.07, 6.45) is -3.54. The van der Waals surface area contributed by atoms with Crippen LogP contribution in [0.3, 0.4) is 0 Å². The summed E-state index contributed by atoms with van der Waals surface area (Å²) in [7, 11) is 0. The highest BCUT2D eigenvalue weighted by molar-refractivity contribution is 5.79. The summed E-state index contributed by atoms with van der Waals surface area (Å²) in [4.78, 5) is 12.3. The highest BCUT2D eigenvalue weighted by Crippen LogP contribution is 2.19. The smallest absolute Gasteiger partial charge is 0.279 e. The molecule has 16 heavy (non-hydrogen) atoms. The van der Waals surface area contributed by atoms with Crippen molar-refractivity contribution < 1.29 is 24.1 Å². The van der Waals surface area contributed by atoms with Gasteiger partial charge in [0.25, 0.3) is 5.91 Å². The van der Waals surface area contributed by atoms with E-state index in [1.165, 1.54) is 0 Å². The van der Waals surface area contributed by atoms with Crippen LogP contribution in [0.1, 0.15) is 20.3 Å². The first-order chi connectivity index (χ1) is 7.41. The topological polar surface area (TPSA) is 70.0 Å². The molecule has 1 rings (SSSR count). The number of hydrogen-bond donors (Lipinski definition) is 2. The summed E-state index contributed by atoms with van der Waals surface area (Å²) in [5.41, 5.74) is 0. The SMILES string of the molecule is CC(C)O[C@@H]1CCN(C(=O)C(O)O)C[C@H]1F. The number of amides is 1. The normalized spacial score (nSPS) is 26.6. The first kappa shape index (κ1) is 13.3. The van der Waals surface area contributed by atoms with E-state index >= 15 is 0 Å². The van der Waals surface area contributed by atoms with Gasteiger partial charge in [-0.25, -0.2) is 4.39 Å². The Morgan fingerprint density at radius 2 is 2.12 bits per heavy atom. The second-order valence-corrected chi connectivity index (χ2v) is 4.19. The van der Waals surface area contributed by atoms with Crippen LogP contribution in [-0.4, -0.2) is 58.8 Å². The van der Waals surface area contributed by atoms with E-state index in [4.69, 9.17) is 14.9 Å². The van der Waals surface area contributed by atoms with Gasteiger partial charge in [0.15, 0.2) is 0 Å². The third-order valence-corrected chi connectivity index (χ3v) is 2.46. The molecule has 0 radical (unpaired) electrons. The summed E-state index contributed by atoms with van der Waals surface area (Å²) in [6.45, 7) is 3.78. The first-order valence-electron chi connectivity index (χ1n) is 5.36. The Morgan fingerprint density at radius 1 is 1.50 bits per heavy atom. The van der Waals surface area contributed by atoms with Crippen molar-refractivity contribution in [3.8, 4) is 0 Å². The van der Waals surface area contributed by atoms with Gasteiger partial charge in [0.1, 0.15) is 6.17 Å². The van der Waals surface area contributed by atoms with Crippen LogP contribution in [-0.2, 0) is 9.53 Å². The average molecular weight is 235 g/mol. The van der Waals surface area contributed by atoms with Gasteiger partial charge in [-0.15, -0.1) is 0 Å². The van der Waals surface area contributed by atoms with Crippen LogP contribution in [0.15, 0.2) is 0 Å². The van der Waals surface area contributed by atoms with Crippen molar-refractivity contribution in [3.63, 3.8) is 0 Å². The molecule has 0 aromatic heterocycles. The van der Waals surface area contributed by atoms with Crippen LogP contribution in [0.2, 0.25) is 0 Å². The van der Waals surface area contributed by atoms with Gasteiger partial charge in [-0.05, 0) is 20.3 Å². The van der Waals surface area contributed by atoms with Gasteiger partial charge < -0.3 is 19.8 Å². The molecule has 0 saturated carbocycles. The molecule has 94 valence electrons. The first-order valence-corrected chi connectivity index (χ1v) is 5.36. The Hall–Kier alpha value is -0.720. The molecule has 2 atom stereocenters. The minimum Gasteiger partial charge on any atom is -0.372 e. The molecule has 0 unspecified atom stereocenters. The van der Waals surface area contributed by atoms with Crippen LogP contribution in [0.4, 0.5) is 4.39 Å². The van der Waals surface area contributed by atoms with Crippen molar-refractivity contribution >= 4 is 5.91 Å². The number of halogens is 1. The lowest BCUT2D eigenvalue weighted by atomic mass is 10.1. The van der Waals surface area contributed by atoms with Gasteiger partial charge in [0, 0.05) is 6.54 Å². The number of alkyl halides is 1. The lowest BCUT2D eigenvalue weighted by Crippen LogP contribution is -2.51. The van der Waals surface area contributed by atoms with Crippen molar-refractivity contribution in [2.24, 2.45) is 0 Å². The quantitative estimate of drug-likeness (QED) is 0.657. The fourth-order valence-corrected chi connectivity index (χ4v) is 1.75. The molecule has 2 N–H and O–H groups in total. The van der Waals surface area contributed by atoms with E-state index in [9.17, 15) is 9.18 Å². The molecule has 1 aliphatic rings. The molecule has 1 saturated heterocycles. The zero-order valence-corrected chi connectivity index (χ0v) is 9.47. The zero-order chi connectivity index (χ0) is 12.3. The van der Waals surface area contributed by atoms with Crippen LogP contribution in [0.5, 0.6) is 0 Å². The third-order valence-electron chi connectivity index (χ3n) is 2.46. The number of likely N-dealkylation sites (tertiary alicyclic amines) is 1. The maximum atomic E-state index is 13.6. The molecular weight excluding hydrogens is 217 g/mol. The molecule has 0 aromatic rings. The zero-order valence-electron chi connectivity index (χ0n) is 9.47. The van der Waals surface area contributed by atoms with Gasteiger partial charge in [-0.1, -0.05) is 0 Å². The van der Waals surface area contributed by atoms with Crippen molar-refractivity contribution in [2.45, 2.75) is 44.9 Å². The van der Waals surface area contributed by atoms with Crippen LogP contribution in [0.25, 0.3) is 0 Å². The molecule has 0 spiro atoms. The number of carbonyl (C=O) groups excluding carboxylic acids is 1. The summed E-state index contributed by atoms with van der Waals surface area (Å²) in [6, 6.07) is 0. The molecule has 1 heterocycles. The van der Waals surface area contributed by atoms with E-state index in [1.807, 2.05) is 13.8 Å². The fraction of sp³-hybridized carbons (Fsp3) is 0.900. The predicted molar refractivity (Wildman–Crippen MR) is 54.3 cm³/mol. The van der Waals surface area contributed by atoms with Crippen LogP contribution < -0.4 is 0 Å². The second kappa shape index (κ2) is 5.56. The molecule has 5 nitrogen and oxygen atoms in total. The summed E-state index contributed by atoms with van der Waals surface area (Å²) < 4.78 is 19.0. The summed E-state index contributed by atoms with van der Waals surface area (Å²) >= 11 is 0. The van der Waals surface area contributed by atoms with E-state index in [2.05, 4.69) is 0 Å². The Bertz CT molecular complexity index is 247. The summed E-state index contributed by atoms with van der Waals surface area (Å²) in [5, 5.41) is 17.4. The fourth-order valence-electron chi connectivity index (χ4n) is 1.75. The van der Waals surface area contributed by atoms with Crippen molar-refractivity contribution in [3.05, 3.63) is 0 Å². The predicted octanol–water partition coefficient (Wildman–Crippen LogP) is -0.339. The Morgan fingerprint density at radius 3 is 2.56 bits per heavy atom. The van der Waals surface area contributed by atoms with Gasteiger partial charge in [-0.2, -0.15) is 0 Å². The van der Waals surface area contributed by atoms with Crippen molar-refractivity contribution in [2.75, 3.05) is 13.1 Å². The van der Waals surface area contributed by atoms with E-state index in [1.54, 1.807) is 0 Å². The number of ether oxygens (including phenoxy) is 1. The Labute approximate surface area is 93.8 Å². The number of aliphatic hydroxyl groups excluding tert-OH is 1. The lowest BCUT2D eigenvalue weighted by Gasteiger charge is -2.35. The number of hydrogen-bond acceptors (Lipinski definition) is 4. The van der Waals surface area contributed by atoms with E-state index < -0.39 is 24.5 Å². The second-order valence-electron chi connectivity index (χ2n) is 4.19. The highest BCUT2D eigenvalue weighted by atomic mass is 19.1. The van der Waals surface area contributed by atoms with Crippen LogP contribution >= 0.6 is 0 Å². The van der Waals surface area contributed by atoms with Gasteiger partial charge >= 0.3 is 0 Å². The van der Waals surface area contributed by atoms with E-state index in [-0.39, 0.29) is 19.2 Å². The minimum absolute atomic E-state index is 0.0612. The number of carbonyl (C=O) groups is 1. The number of piperidine rings is 1. The Balaban J connectivity index is 2.48. The van der Waals surface area contributed by atoms with Crippen LogP contribution in [0, 0.1) is 0 Å².